The lowest BCUT2D eigenvalue weighted by molar-refractivity contribution is -0.134. The monoisotopic (exact) mass is 288 g/mol. The summed E-state index contributed by atoms with van der Waals surface area (Å²) in [7, 11) is 0. The van der Waals surface area contributed by atoms with Crippen molar-refractivity contribution in [2.24, 2.45) is 0 Å². The highest BCUT2D eigenvalue weighted by molar-refractivity contribution is 5.82. The lowest BCUT2D eigenvalue weighted by Crippen LogP contribution is -2.46. The van der Waals surface area contributed by atoms with E-state index >= 15 is 0 Å². The third kappa shape index (κ3) is 3.11. The van der Waals surface area contributed by atoms with Crippen LogP contribution >= 0.6 is 0 Å². The minimum Gasteiger partial charge on any atom is -0.392 e. The number of aryl methyl sites for hydroxylation is 1. The first kappa shape index (κ1) is 14.5. The molecule has 1 aromatic carbocycles. The maximum atomic E-state index is 12.4. The van der Waals surface area contributed by atoms with Gasteiger partial charge in [0.25, 0.3) is 0 Å². The Balaban J connectivity index is 1.58. The van der Waals surface area contributed by atoms with Crippen molar-refractivity contribution in [2.75, 3.05) is 19.6 Å². The van der Waals surface area contributed by atoms with E-state index in [9.17, 15) is 9.90 Å². The van der Waals surface area contributed by atoms with Gasteiger partial charge in [-0.2, -0.15) is 0 Å². The Morgan fingerprint density at radius 3 is 2.62 bits per heavy atom. The zero-order valence-corrected chi connectivity index (χ0v) is 12.6. The van der Waals surface area contributed by atoms with Gasteiger partial charge in [0.05, 0.1) is 12.1 Å². The number of carbonyl (C=O) groups excluding carboxylic acids is 1. The van der Waals surface area contributed by atoms with Gasteiger partial charge in [-0.15, -0.1) is 0 Å². The highest BCUT2D eigenvalue weighted by Crippen LogP contribution is 2.30. The Labute approximate surface area is 126 Å². The second-order valence-electron chi connectivity index (χ2n) is 6.31. The van der Waals surface area contributed by atoms with Crippen LogP contribution in [0.5, 0.6) is 0 Å². The van der Waals surface area contributed by atoms with Gasteiger partial charge in [-0.05, 0) is 43.2 Å². The topological polar surface area (TPSA) is 52.6 Å². The predicted octanol–water partition coefficient (Wildman–Crippen LogP) is 1.42. The molecule has 114 valence electrons. The van der Waals surface area contributed by atoms with Gasteiger partial charge in [0.1, 0.15) is 0 Å². The van der Waals surface area contributed by atoms with Crippen molar-refractivity contribution in [3.63, 3.8) is 0 Å². The Kier molecular flexibility index (Phi) is 4.27. The number of likely N-dealkylation sites (tertiary alicyclic amines) is 1. The molecule has 1 aromatic rings. The fourth-order valence-corrected chi connectivity index (χ4v) is 3.58. The van der Waals surface area contributed by atoms with Crippen LogP contribution in [0.3, 0.4) is 0 Å². The van der Waals surface area contributed by atoms with E-state index in [1.54, 1.807) is 0 Å². The number of amides is 1. The number of rotatable bonds is 2. The normalized spacial score (nSPS) is 27.0. The van der Waals surface area contributed by atoms with E-state index in [2.05, 4.69) is 36.5 Å². The summed E-state index contributed by atoms with van der Waals surface area (Å²) in [5.74, 6) is 0.729. The molecule has 2 atom stereocenters. The quantitative estimate of drug-likeness (QED) is 0.865. The molecule has 1 amide bonds. The van der Waals surface area contributed by atoms with Crippen LogP contribution < -0.4 is 5.32 Å². The number of carbonyl (C=O) groups is 1. The van der Waals surface area contributed by atoms with E-state index in [0.29, 0.717) is 18.9 Å². The molecule has 3 rings (SSSR count). The molecule has 0 unspecified atom stereocenters. The van der Waals surface area contributed by atoms with Crippen LogP contribution in [-0.2, 0) is 4.79 Å². The number of benzene rings is 1. The third-order valence-corrected chi connectivity index (χ3v) is 4.84. The zero-order valence-electron chi connectivity index (χ0n) is 12.6. The average molecular weight is 288 g/mol. The van der Waals surface area contributed by atoms with Gasteiger partial charge >= 0.3 is 0 Å². The number of hydrogen-bond acceptors (Lipinski definition) is 3. The summed E-state index contributed by atoms with van der Waals surface area (Å²) >= 11 is 0. The summed E-state index contributed by atoms with van der Waals surface area (Å²) in [6.45, 7) is 4.35. The number of nitrogens with one attached hydrogen (secondary N) is 1. The second kappa shape index (κ2) is 6.16. The van der Waals surface area contributed by atoms with Crippen LogP contribution in [0.1, 0.15) is 36.3 Å². The number of piperidine rings is 1. The molecule has 0 saturated carbocycles. The molecular weight excluding hydrogens is 264 g/mol. The Hall–Kier alpha value is -1.39. The van der Waals surface area contributed by atoms with Crippen molar-refractivity contribution >= 4 is 5.91 Å². The molecule has 4 heteroatoms. The summed E-state index contributed by atoms with van der Waals surface area (Å²) in [5, 5.41) is 12.6. The van der Waals surface area contributed by atoms with E-state index in [1.165, 1.54) is 11.1 Å². The van der Waals surface area contributed by atoms with Gasteiger partial charge in [-0.25, -0.2) is 0 Å². The maximum Gasteiger partial charge on any atom is 0.239 e. The first-order valence-electron chi connectivity index (χ1n) is 7.91. The van der Waals surface area contributed by atoms with Crippen molar-refractivity contribution in [1.82, 2.24) is 10.2 Å². The van der Waals surface area contributed by atoms with E-state index in [-0.39, 0.29) is 18.1 Å². The fourth-order valence-electron chi connectivity index (χ4n) is 3.58. The standard InChI is InChI=1S/C17H24N2O2/c1-12-4-2-3-5-15(12)13-6-8-19(9-7-13)17(21)16-10-14(20)11-18-16/h2-5,13-14,16,18,20H,6-11H2,1H3/t14-,16-/m1/s1. The summed E-state index contributed by atoms with van der Waals surface area (Å²) in [5.41, 5.74) is 2.78. The van der Waals surface area contributed by atoms with Crippen LogP contribution in [0.15, 0.2) is 24.3 Å². The van der Waals surface area contributed by atoms with Crippen LogP contribution in [0, 0.1) is 6.92 Å². The maximum absolute atomic E-state index is 12.4. The van der Waals surface area contributed by atoms with Crippen molar-refractivity contribution in [1.29, 1.82) is 0 Å². The molecule has 2 aliphatic heterocycles. The van der Waals surface area contributed by atoms with Gasteiger partial charge in [-0.1, -0.05) is 24.3 Å². The lowest BCUT2D eigenvalue weighted by atomic mass is 9.87. The number of aliphatic hydroxyl groups excluding tert-OH is 1. The molecular formula is C17H24N2O2. The Bertz CT molecular complexity index is 509. The van der Waals surface area contributed by atoms with Gasteiger partial charge in [-0.3, -0.25) is 4.79 Å². The zero-order chi connectivity index (χ0) is 14.8. The molecule has 0 bridgehead atoms. The van der Waals surface area contributed by atoms with E-state index < -0.39 is 0 Å². The molecule has 2 fully saturated rings. The molecule has 0 spiro atoms. The summed E-state index contributed by atoms with van der Waals surface area (Å²) < 4.78 is 0. The van der Waals surface area contributed by atoms with Crippen LogP contribution in [0.2, 0.25) is 0 Å². The van der Waals surface area contributed by atoms with Crippen LogP contribution in [0.25, 0.3) is 0 Å². The van der Waals surface area contributed by atoms with Crippen molar-refractivity contribution in [2.45, 2.75) is 44.2 Å². The fraction of sp³-hybridized carbons (Fsp3) is 0.588. The molecule has 4 nitrogen and oxygen atoms in total. The summed E-state index contributed by atoms with van der Waals surface area (Å²) in [6, 6.07) is 8.37. The minimum atomic E-state index is -0.372. The number of hydrogen-bond donors (Lipinski definition) is 2. The van der Waals surface area contributed by atoms with E-state index in [0.717, 1.165) is 25.9 Å². The SMILES string of the molecule is Cc1ccccc1C1CCN(C(=O)[C@H]2C[C@@H](O)CN2)CC1. The first-order valence-corrected chi connectivity index (χ1v) is 7.91. The highest BCUT2D eigenvalue weighted by Gasteiger charge is 2.33. The molecule has 2 saturated heterocycles. The third-order valence-electron chi connectivity index (χ3n) is 4.84. The summed E-state index contributed by atoms with van der Waals surface area (Å²) in [6.07, 6.45) is 2.25. The Morgan fingerprint density at radius 1 is 1.29 bits per heavy atom. The minimum absolute atomic E-state index is 0.162. The number of aliphatic hydroxyl groups is 1. The van der Waals surface area contributed by atoms with E-state index in [1.807, 2.05) is 4.90 Å². The molecule has 2 heterocycles. The van der Waals surface area contributed by atoms with E-state index in [4.69, 9.17) is 0 Å². The van der Waals surface area contributed by atoms with Crippen LogP contribution in [-0.4, -0.2) is 47.7 Å². The molecule has 0 aromatic heterocycles. The van der Waals surface area contributed by atoms with Gasteiger partial charge < -0.3 is 15.3 Å². The van der Waals surface area contributed by atoms with Gasteiger partial charge in [0.2, 0.25) is 5.91 Å². The molecule has 0 radical (unpaired) electrons. The average Bonchev–Trinajstić information content (AvgIpc) is 2.94. The van der Waals surface area contributed by atoms with Crippen molar-refractivity contribution < 1.29 is 9.90 Å². The molecule has 2 aliphatic rings. The number of nitrogens with zero attached hydrogens (tertiary/aromatic N) is 1. The molecule has 0 aliphatic carbocycles. The smallest absolute Gasteiger partial charge is 0.239 e. The molecule has 21 heavy (non-hydrogen) atoms. The Morgan fingerprint density at radius 2 is 2.00 bits per heavy atom. The number of β-amino-alcohol motifs (C(OH)–C–C–N with tert-alkyl or cyclic N) is 1. The first-order chi connectivity index (χ1) is 10.1. The van der Waals surface area contributed by atoms with Gasteiger partial charge in [0, 0.05) is 19.6 Å². The van der Waals surface area contributed by atoms with Crippen molar-refractivity contribution in [3.8, 4) is 0 Å². The lowest BCUT2D eigenvalue weighted by Gasteiger charge is -2.34. The van der Waals surface area contributed by atoms with Crippen LogP contribution in [0.4, 0.5) is 0 Å². The largest absolute Gasteiger partial charge is 0.392 e. The van der Waals surface area contributed by atoms with Crippen molar-refractivity contribution in [3.05, 3.63) is 35.4 Å². The second-order valence-corrected chi connectivity index (χ2v) is 6.31. The molecule has 2 N–H and O–H groups in total. The van der Waals surface area contributed by atoms with Gasteiger partial charge in [0.15, 0.2) is 0 Å². The summed E-state index contributed by atoms with van der Waals surface area (Å²) in [4.78, 5) is 14.4. The predicted molar refractivity (Wildman–Crippen MR) is 82.1 cm³/mol. The highest BCUT2D eigenvalue weighted by atomic mass is 16.3.